The summed E-state index contributed by atoms with van der Waals surface area (Å²) in [5, 5.41) is 33.8. The monoisotopic (exact) mass is 364 g/mol. The number of hydrogen-bond donors (Lipinski definition) is 3. The van der Waals surface area contributed by atoms with Crippen LogP contribution in [0.3, 0.4) is 0 Å². The van der Waals surface area contributed by atoms with Crippen molar-refractivity contribution in [2.75, 3.05) is 5.32 Å². The van der Waals surface area contributed by atoms with Crippen molar-refractivity contribution in [3.63, 3.8) is 0 Å². The Morgan fingerprint density at radius 1 is 0.926 bits per heavy atom. The van der Waals surface area contributed by atoms with E-state index >= 15 is 0 Å². The quantitative estimate of drug-likeness (QED) is 0.473. The van der Waals surface area contributed by atoms with Crippen molar-refractivity contribution in [3.8, 4) is 5.75 Å². The second kappa shape index (κ2) is 7.67. The van der Waals surface area contributed by atoms with Crippen molar-refractivity contribution < 1.29 is 19.9 Å². The molecule has 3 aromatic carbocycles. The summed E-state index contributed by atoms with van der Waals surface area (Å²) in [7, 11) is 0. The number of amides is 1. The van der Waals surface area contributed by atoms with Gasteiger partial charge in [0.15, 0.2) is 5.56 Å². The Kier molecular flexibility index (Phi) is 5.14. The molecular weight excluding hydrogens is 348 g/mol. The van der Waals surface area contributed by atoms with Crippen LogP contribution in [0.2, 0.25) is 0 Å². The molecule has 0 aromatic heterocycles. The van der Waals surface area contributed by atoms with E-state index in [0.717, 1.165) is 11.6 Å². The minimum atomic E-state index is -0.810. The molecule has 0 aliphatic rings. The molecule has 136 valence electrons. The molecule has 3 N–H and O–H groups in total. The molecule has 0 spiro atoms. The summed E-state index contributed by atoms with van der Waals surface area (Å²) in [5.74, 6) is -1.27. The number of nitrogens with one attached hydrogen (secondary N) is 1. The maximum atomic E-state index is 12.4. The lowest BCUT2D eigenvalue weighted by molar-refractivity contribution is -0.385. The van der Waals surface area contributed by atoms with Gasteiger partial charge >= 0.3 is 0 Å². The van der Waals surface area contributed by atoms with Gasteiger partial charge in [-0.3, -0.25) is 14.9 Å². The molecule has 7 nitrogen and oxygen atoms in total. The number of hydrogen-bond acceptors (Lipinski definition) is 5. The van der Waals surface area contributed by atoms with Gasteiger partial charge in [0.05, 0.1) is 4.92 Å². The molecule has 3 rings (SSSR count). The van der Waals surface area contributed by atoms with E-state index in [2.05, 4.69) is 5.32 Å². The average molecular weight is 364 g/mol. The molecule has 0 heterocycles. The second-order valence-corrected chi connectivity index (χ2v) is 5.82. The van der Waals surface area contributed by atoms with Crippen molar-refractivity contribution in [1.82, 2.24) is 0 Å². The Bertz CT molecular complexity index is 971. The van der Waals surface area contributed by atoms with E-state index in [0.29, 0.717) is 11.3 Å². The van der Waals surface area contributed by atoms with Crippen LogP contribution in [-0.4, -0.2) is 21.0 Å². The van der Waals surface area contributed by atoms with Crippen molar-refractivity contribution in [2.45, 2.75) is 6.10 Å². The summed E-state index contributed by atoms with van der Waals surface area (Å²) >= 11 is 0. The highest BCUT2D eigenvalue weighted by molar-refractivity contribution is 6.09. The number of aliphatic hydroxyl groups excluding tert-OH is 1. The highest BCUT2D eigenvalue weighted by atomic mass is 16.6. The van der Waals surface area contributed by atoms with E-state index in [-0.39, 0.29) is 0 Å². The summed E-state index contributed by atoms with van der Waals surface area (Å²) in [6.07, 6.45) is -0.810. The third-order valence-corrected chi connectivity index (χ3v) is 4.04. The Morgan fingerprint density at radius 2 is 1.56 bits per heavy atom. The predicted molar refractivity (Wildman–Crippen MR) is 99.7 cm³/mol. The summed E-state index contributed by atoms with van der Waals surface area (Å²) in [4.78, 5) is 22.7. The predicted octanol–water partition coefficient (Wildman–Crippen LogP) is 3.63. The van der Waals surface area contributed by atoms with E-state index in [1.165, 1.54) is 12.1 Å². The van der Waals surface area contributed by atoms with Gasteiger partial charge in [-0.25, -0.2) is 0 Å². The molecule has 0 fully saturated rings. The van der Waals surface area contributed by atoms with Crippen LogP contribution >= 0.6 is 0 Å². The van der Waals surface area contributed by atoms with Crippen LogP contribution in [-0.2, 0) is 0 Å². The minimum Gasteiger partial charge on any atom is -0.507 e. The van der Waals surface area contributed by atoms with Gasteiger partial charge in [0.2, 0.25) is 0 Å². The van der Waals surface area contributed by atoms with Crippen LogP contribution in [0.15, 0.2) is 72.8 Å². The first kappa shape index (κ1) is 18.1. The van der Waals surface area contributed by atoms with Crippen LogP contribution in [0.4, 0.5) is 11.4 Å². The fraction of sp³-hybridized carbons (Fsp3) is 0.0500. The zero-order valence-electron chi connectivity index (χ0n) is 14.1. The smallest absolute Gasteiger partial charge is 0.285 e. The van der Waals surface area contributed by atoms with Gasteiger partial charge in [-0.2, -0.15) is 0 Å². The zero-order valence-corrected chi connectivity index (χ0v) is 14.1. The Hall–Kier alpha value is -3.71. The molecule has 1 amide bonds. The summed E-state index contributed by atoms with van der Waals surface area (Å²) < 4.78 is 0. The number of carbonyl (C=O) groups excluding carboxylic acids is 1. The van der Waals surface area contributed by atoms with Crippen molar-refractivity contribution in [3.05, 3.63) is 99.6 Å². The van der Waals surface area contributed by atoms with Gasteiger partial charge in [-0.15, -0.1) is 0 Å². The van der Waals surface area contributed by atoms with Crippen molar-refractivity contribution in [2.24, 2.45) is 0 Å². The minimum absolute atomic E-state index is 0.376. The van der Waals surface area contributed by atoms with Crippen LogP contribution < -0.4 is 5.32 Å². The molecule has 1 atom stereocenters. The normalized spacial score (nSPS) is 11.6. The third kappa shape index (κ3) is 3.94. The lowest BCUT2D eigenvalue weighted by Gasteiger charge is -2.12. The van der Waals surface area contributed by atoms with Crippen molar-refractivity contribution in [1.29, 1.82) is 0 Å². The summed E-state index contributed by atoms with van der Waals surface area (Å²) in [5.41, 5.74) is 0.855. The fourth-order valence-electron chi connectivity index (χ4n) is 2.68. The van der Waals surface area contributed by atoms with E-state index < -0.39 is 33.9 Å². The Labute approximate surface area is 154 Å². The molecule has 0 bridgehead atoms. The Balaban J connectivity index is 1.80. The summed E-state index contributed by atoms with van der Waals surface area (Å²) in [6, 6.07) is 19.2. The Morgan fingerprint density at radius 3 is 2.19 bits per heavy atom. The maximum absolute atomic E-state index is 12.4. The lowest BCUT2D eigenvalue weighted by atomic mass is 10.0. The third-order valence-electron chi connectivity index (χ3n) is 4.04. The van der Waals surface area contributed by atoms with Gasteiger partial charge in [-0.05, 0) is 29.3 Å². The first-order valence-corrected chi connectivity index (χ1v) is 8.08. The molecule has 0 saturated heterocycles. The van der Waals surface area contributed by atoms with Crippen molar-refractivity contribution >= 4 is 17.3 Å². The molecular formula is C20H16N2O5. The van der Waals surface area contributed by atoms with E-state index in [4.69, 9.17) is 0 Å². The van der Waals surface area contributed by atoms with E-state index in [1.54, 1.807) is 36.4 Å². The molecule has 27 heavy (non-hydrogen) atoms. The number of nitro groups is 1. The number of nitrogens with zero attached hydrogens (tertiary/aromatic N) is 1. The summed E-state index contributed by atoms with van der Waals surface area (Å²) in [6.45, 7) is 0. The molecule has 1 unspecified atom stereocenters. The standard InChI is InChI=1S/C20H16N2O5/c23-17-8-4-7-16(22(26)27)18(17)20(25)21-15-11-9-14(10-12-15)19(24)13-5-2-1-3-6-13/h1-12,19,23-24H,(H,21,25). The molecule has 0 aliphatic carbocycles. The number of carbonyl (C=O) groups is 1. The van der Waals surface area contributed by atoms with Crippen LogP contribution in [0, 0.1) is 10.1 Å². The number of aliphatic hydroxyl groups is 1. The molecule has 7 heteroatoms. The van der Waals surface area contributed by atoms with Crippen LogP contribution in [0.25, 0.3) is 0 Å². The maximum Gasteiger partial charge on any atom is 0.285 e. The van der Waals surface area contributed by atoms with Crippen LogP contribution in [0.1, 0.15) is 27.6 Å². The number of benzene rings is 3. The number of anilines is 1. The second-order valence-electron chi connectivity index (χ2n) is 5.82. The number of rotatable bonds is 5. The van der Waals surface area contributed by atoms with Gasteiger partial charge in [0.25, 0.3) is 11.6 Å². The van der Waals surface area contributed by atoms with Gasteiger partial charge in [0.1, 0.15) is 11.9 Å². The first-order valence-electron chi connectivity index (χ1n) is 8.08. The highest BCUT2D eigenvalue weighted by Crippen LogP contribution is 2.28. The fourth-order valence-corrected chi connectivity index (χ4v) is 2.68. The van der Waals surface area contributed by atoms with Gasteiger partial charge < -0.3 is 15.5 Å². The lowest BCUT2D eigenvalue weighted by Crippen LogP contribution is -2.14. The molecule has 3 aromatic rings. The van der Waals surface area contributed by atoms with Gasteiger partial charge in [-0.1, -0.05) is 48.5 Å². The van der Waals surface area contributed by atoms with Crippen LogP contribution in [0.5, 0.6) is 5.75 Å². The molecule has 0 radical (unpaired) electrons. The number of phenols is 1. The van der Waals surface area contributed by atoms with Gasteiger partial charge in [0, 0.05) is 11.8 Å². The van der Waals surface area contributed by atoms with E-state index in [1.807, 2.05) is 18.2 Å². The zero-order chi connectivity index (χ0) is 19.4. The number of nitro benzene ring substituents is 1. The topological polar surface area (TPSA) is 113 Å². The number of aromatic hydroxyl groups is 1. The molecule has 0 saturated carbocycles. The number of phenolic OH excluding ortho intramolecular Hbond substituents is 1. The highest BCUT2D eigenvalue weighted by Gasteiger charge is 2.24. The largest absolute Gasteiger partial charge is 0.507 e. The molecule has 0 aliphatic heterocycles. The average Bonchev–Trinajstić information content (AvgIpc) is 2.68. The first-order chi connectivity index (χ1) is 13.0. The van der Waals surface area contributed by atoms with E-state index in [9.17, 15) is 25.1 Å². The SMILES string of the molecule is O=C(Nc1ccc(C(O)c2ccccc2)cc1)c1c(O)cccc1[N+](=O)[O-].